The van der Waals surface area contributed by atoms with Crippen LogP contribution in [0.3, 0.4) is 0 Å². The number of carbonyl (C=O) groups excluding carboxylic acids is 1. The fourth-order valence-electron chi connectivity index (χ4n) is 2.22. The number of nitrogens with one attached hydrogen (secondary N) is 2. The van der Waals surface area contributed by atoms with Gasteiger partial charge in [-0.05, 0) is 48.7 Å². The first-order chi connectivity index (χ1) is 11.2. The quantitative estimate of drug-likeness (QED) is 0.651. The van der Waals surface area contributed by atoms with E-state index >= 15 is 0 Å². The number of halogens is 1. The lowest BCUT2D eigenvalue weighted by Crippen LogP contribution is -2.26. The van der Waals surface area contributed by atoms with Crippen LogP contribution in [-0.4, -0.2) is 30.7 Å². The second kappa shape index (κ2) is 9.18. The second-order valence-electron chi connectivity index (χ2n) is 5.22. The van der Waals surface area contributed by atoms with E-state index in [1.807, 2.05) is 42.5 Å². The van der Waals surface area contributed by atoms with Gasteiger partial charge in [-0.2, -0.15) is 0 Å². The van der Waals surface area contributed by atoms with Crippen molar-refractivity contribution in [3.63, 3.8) is 0 Å². The van der Waals surface area contributed by atoms with E-state index in [-0.39, 0.29) is 19.1 Å². The molecule has 0 atom stereocenters. The molecule has 23 heavy (non-hydrogen) atoms. The van der Waals surface area contributed by atoms with E-state index in [0.717, 1.165) is 30.1 Å². The molecule has 1 amide bonds. The molecule has 0 unspecified atom stereocenters. The van der Waals surface area contributed by atoms with Crippen molar-refractivity contribution in [2.75, 3.05) is 25.0 Å². The average molecular weight is 333 g/mol. The van der Waals surface area contributed by atoms with Gasteiger partial charge < -0.3 is 15.7 Å². The standard InChI is InChI=1S/C18H21ClN2O2/c19-16-8-6-14(7-9-16)3-2-10-20-17-5-1-4-15(13-17)18(23)21-11-12-22/h1,4-9,13,20,22H,2-3,10-12H2,(H,21,23). The fourth-order valence-corrected chi connectivity index (χ4v) is 2.34. The van der Waals surface area contributed by atoms with E-state index < -0.39 is 0 Å². The van der Waals surface area contributed by atoms with Crippen LogP contribution < -0.4 is 10.6 Å². The summed E-state index contributed by atoms with van der Waals surface area (Å²) in [4.78, 5) is 11.8. The number of benzene rings is 2. The highest BCUT2D eigenvalue weighted by atomic mass is 35.5. The number of anilines is 1. The highest BCUT2D eigenvalue weighted by molar-refractivity contribution is 6.30. The van der Waals surface area contributed by atoms with Crippen LogP contribution in [0.2, 0.25) is 5.02 Å². The van der Waals surface area contributed by atoms with Gasteiger partial charge in [0.1, 0.15) is 0 Å². The largest absolute Gasteiger partial charge is 0.395 e. The lowest BCUT2D eigenvalue weighted by atomic mass is 10.1. The first kappa shape index (κ1) is 17.3. The maximum Gasteiger partial charge on any atom is 0.251 e. The van der Waals surface area contributed by atoms with E-state index in [9.17, 15) is 4.79 Å². The van der Waals surface area contributed by atoms with Crippen LogP contribution in [0.4, 0.5) is 5.69 Å². The summed E-state index contributed by atoms with van der Waals surface area (Å²) in [5.74, 6) is -0.177. The van der Waals surface area contributed by atoms with Crippen LogP contribution in [0.15, 0.2) is 48.5 Å². The zero-order valence-electron chi connectivity index (χ0n) is 12.9. The Kier molecular flexibility index (Phi) is 6.91. The lowest BCUT2D eigenvalue weighted by Gasteiger charge is -2.09. The minimum atomic E-state index is -0.177. The Morgan fingerprint density at radius 3 is 2.61 bits per heavy atom. The van der Waals surface area contributed by atoms with Crippen molar-refractivity contribution in [3.8, 4) is 0 Å². The maximum atomic E-state index is 11.8. The van der Waals surface area contributed by atoms with Gasteiger partial charge in [0.15, 0.2) is 0 Å². The van der Waals surface area contributed by atoms with Gasteiger partial charge in [0, 0.05) is 29.4 Å². The number of aliphatic hydroxyl groups excluding tert-OH is 1. The van der Waals surface area contributed by atoms with E-state index in [0.29, 0.717) is 5.56 Å². The molecule has 0 aliphatic heterocycles. The summed E-state index contributed by atoms with van der Waals surface area (Å²) >= 11 is 5.87. The summed E-state index contributed by atoms with van der Waals surface area (Å²) in [6.07, 6.45) is 1.96. The first-order valence-electron chi connectivity index (χ1n) is 7.66. The lowest BCUT2D eigenvalue weighted by molar-refractivity contribution is 0.0945. The molecule has 0 fully saturated rings. The van der Waals surface area contributed by atoms with Crippen molar-refractivity contribution in [1.82, 2.24) is 5.32 Å². The highest BCUT2D eigenvalue weighted by Crippen LogP contribution is 2.13. The summed E-state index contributed by atoms with van der Waals surface area (Å²) in [5, 5.41) is 15.5. The van der Waals surface area contributed by atoms with Crippen LogP contribution >= 0.6 is 11.6 Å². The third kappa shape index (κ3) is 5.93. The number of rotatable bonds is 8. The van der Waals surface area contributed by atoms with Crippen molar-refractivity contribution in [2.45, 2.75) is 12.8 Å². The molecule has 5 heteroatoms. The number of carbonyl (C=O) groups is 1. The first-order valence-corrected chi connectivity index (χ1v) is 8.04. The summed E-state index contributed by atoms with van der Waals surface area (Å²) < 4.78 is 0. The van der Waals surface area contributed by atoms with Crippen LogP contribution in [0.25, 0.3) is 0 Å². The smallest absolute Gasteiger partial charge is 0.251 e. The summed E-state index contributed by atoms with van der Waals surface area (Å²) in [5.41, 5.74) is 2.76. The highest BCUT2D eigenvalue weighted by Gasteiger charge is 2.05. The summed E-state index contributed by atoms with van der Waals surface area (Å²) in [6, 6.07) is 15.2. The molecule has 122 valence electrons. The zero-order valence-corrected chi connectivity index (χ0v) is 13.6. The topological polar surface area (TPSA) is 61.4 Å². The number of amides is 1. The molecule has 2 rings (SSSR count). The van der Waals surface area contributed by atoms with Crippen LogP contribution in [0.5, 0.6) is 0 Å². The molecule has 0 saturated carbocycles. The molecule has 4 nitrogen and oxygen atoms in total. The fraction of sp³-hybridized carbons (Fsp3) is 0.278. The molecule has 0 aliphatic carbocycles. The number of aryl methyl sites for hydroxylation is 1. The molecule has 2 aromatic carbocycles. The molecule has 0 aliphatic rings. The molecule has 0 aromatic heterocycles. The number of hydrogen-bond acceptors (Lipinski definition) is 3. The van der Waals surface area contributed by atoms with Crippen LogP contribution in [0.1, 0.15) is 22.3 Å². The second-order valence-corrected chi connectivity index (χ2v) is 5.65. The van der Waals surface area contributed by atoms with E-state index in [2.05, 4.69) is 10.6 Å². The van der Waals surface area contributed by atoms with Gasteiger partial charge in [-0.3, -0.25) is 4.79 Å². The minimum Gasteiger partial charge on any atom is -0.395 e. The molecule has 3 N–H and O–H groups in total. The Morgan fingerprint density at radius 1 is 1.09 bits per heavy atom. The van der Waals surface area contributed by atoms with Gasteiger partial charge >= 0.3 is 0 Å². The molecule has 0 radical (unpaired) electrons. The van der Waals surface area contributed by atoms with E-state index in [4.69, 9.17) is 16.7 Å². The van der Waals surface area contributed by atoms with Gasteiger partial charge in [0.2, 0.25) is 0 Å². The van der Waals surface area contributed by atoms with Crippen molar-refractivity contribution >= 4 is 23.2 Å². The number of hydrogen-bond donors (Lipinski definition) is 3. The molecule has 2 aromatic rings. The van der Waals surface area contributed by atoms with Crippen molar-refractivity contribution in [1.29, 1.82) is 0 Å². The van der Waals surface area contributed by atoms with Crippen molar-refractivity contribution in [3.05, 3.63) is 64.7 Å². The average Bonchev–Trinajstić information content (AvgIpc) is 2.58. The SMILES string of the molecule is O=C(NCCO)c1cccc(NCCCc2ccc(Cl)cc2)c1. The molecular weight excluding hydrogens is 312 g/mol. The van der Waals surface area contributed by atoms with Gasteiger partial charge in [-0.1, -0.05) is 29.8 Å². The normalized spacial score (nSPS) is 10.3. The van der Waals surface area contributed by atoms with Crippen molar-refractivity contribution in [2.24, 2.45) is 0 Å². The van der Waals surface area contributed by atoms with Crippen molar-refractivity contribution < 1.29 is 9.90 Å². The Bertz CT molecular complexity index is 629. The third-order valence-electron chi connectivity index (χ3n) is 3.41. The van der Waals surface area contributed by atoms with E-state index in [1.165, 1.54) is 5.56 Å². The van der Waals surface area contributed by atoms with Crippen LogP contribution in [-0.2, 0) is 6.42 Å². The maximum absolute atomic E-state index is 11.8. The van der Waals surface area contributed by atoms with Crippen LogP contribution in [0, 0.1) is 0 Å². The zero-order chi connectivity index (χ0) is 16.5. The van der Waals surface area contributed by atoms with Gasteiger partial charge in [0.05, 0.1) is 6.61 Å². The summed E-state index contributed by atoms with van der Waals surface area (Å²) in [6.45, 7) is 1.02. The molecule has 0 bridgehead atoms. The Balaban J connectivity index is 1.79. The predicted molar refractivity (Wildman–Crippen MR) is 94.1 cm³/mol. The monoisotopic (exact) mass is 332 g/mol. The van der Waals surface area contributed by atoms with Gasteiger partial charge in [-0.25, -0.2) is 0 Å². The Hall–Kier alpha value is -2.04. The number of aliphatic hydroxyl groups is 1. The molecule has 0 saturated heterocycles. The molecule has 0 heterocycles. The molecular formula is C18H21ClN2O2. The molecule has 0 spiro atoms. The van der Waals surface area contributed by atoms with E-state index in [1.54, 1.807) is 6.07 Å². The minimum absolute atomic E-state index is 0.0611. The summed E-state index contributed by atoms with van der Waals surface area (Å²) in [7, 11) is 0. The Morgan fingerprint density at radius 2 is 1.87 bits per heavy atom. The van der Waals surface area contributed by atoms with Gasteiger partial charge in [-0.15, -0.1) is 0 Å². The third-order valence-corrected chi connectivity index (χ3v) is 3.66. The van der Waals surface area contributed by atoms with Gasteiger partial charge in [0.25, 0.3) is 5.91 Å². The Labute approximate surface area is 141 Å². The predicted octanol–water partition coefficient (Wildman–Crippen LogP) is 3.11.